The Morgan fingerprint density at radius 1 is 1.35 bits per heavy atom. The van der Waals surface area contributed by atoms with Crippen LogP contribution >= 0.6 is 0 Å². The molecule has 1 aromatic carbocycles. The summed E-state index contributed by atoms with van der Waals surface area (Å²) in [5, 5.41) is 14.1. The van der Waals surface area contributed by atoms with Crippen molar-refractivity contribution in [1.82, 2.24) is 5.32 Å². The molecule has 5 nitrogen and oxygen atoms in total. The summed E-state index contributed by atoms with van der Waals surface area (Å²) in [4.78, 5) is 22.8. The standard InChI is InChI=1S/C14H19FN2O3/c1-4-14(3,12(18)19)8-16-13(20)17-11-6-9(2)5-10(15)7-11/h5-7H,4,8H2,1-3H3,(H,18,19)(H2,16,17,20). The number of anilines is 1. The number of carboxylic acids is 1. The normalized spacial score (nSPS) is 13.4. The van der Waals surface area contributed by atoms with E-state index in [-0.39, 0.29) is 6.54 Å². The SMILES string of the molecule is CCC(C)(CNC(=O)Nc1cc(C)cc(F)c1)C(=O)O. The van der Waals surface area contributed by atoms with Gasteiger partial charge >= 0.3 is 12.0 Å². The fraction of sp³-hybridized carbons (Fsp3) is 0.429. The minimum Gasteiger partial charge on any atom is -0.481 e. The van der Waals surface area contributed by atoms with Gasteiger partial charge in [-0.3, -0.25) is 4.79 Å². The second-order valence-electron chi connectivity index (χ2n) is 5.04. The molecule has 0 saturated carbocycles. The van der Waals surface area contributed by atoms with Crippen molar-refractivity contribution in [1.29, 1.82) is 0 Å². The Balaban J connectivity index is 2.62. The van der Waals surface area contributed by atoms with Crippen LogP contribution in [0.25, 0.3) is 0 Å². The number of rotatable bonds is 5. The molecule has 0 aliphatic heterocycles. The molecule has 6 heteroatoms. The minimum absolute atomic E-state index is 0.00103. The molecule has 0 aliphatic carbocycles. The molecule has 3 N–H and O–H groups in total. The summed E-state index contributed by atoms with van der Waals surface area (Å²) in [6.07, 6.45) is 0.391. The second kappa shape index (κ2) is 6.36. The third kappa shape index (κ3) is 4.22. The van der Waals surface area contributed by atoms with E-state index in [4.69, 9.17) is 5.11 Å². The Morgan fingerprint density at radius 3 is 2.50 bits per heavy atom. The Kier molecular flexibility index (Phi) is 5.07. The molecule has 2 amide bonds. The molecule has 0 aliphatic rings. The number of amides is 2. The molecule has 1 rings (SSSR count). The Bertz CT molecular complexity index is 499. The first-order valence-electron chi connectivity index (χ1n) is 6.32. The van der Waals surface area contributed by atoms with E-state index in [0.29, 0.717) is 17.7 Å². The van der Waals surface area contributed by atoms with Crippen molar-refractivity contribution < 1.29 is 19.1 Å². The third-order valence-corrected chi connectivity index (χ3v) is 3.24. The fourth-order valence-electron chi connectivity index (χ4n) is 1.61. The largest absolute Gasteiger partial charge is 0.481 e. The predicted molar refractivity (Wildman–Crippen MR) is 74.2 cm³/mol. The van der Waals surface area contributed by atoms with Gasteiger partial charge in [0.05, 0.1) is 5.41 Å². The molecule has 110 valence electrons. The first kappa shape index (κ1) is 15.9. The minimum atomic E-state index is -1.02. The Labute approximate surface area is 117 Å². The number of benzene rings is 1. The van der Waals surface area contributed by atoms with Gasteiger partial charge in [-0.1, -0.05) is 6.92 Å². The Hall–Kier alpha value is -2.11. The van der Waals surface area contributed by atoms with Gasteiger partial charge in [0.15, 0.2) is 0 Å². The van der Waals surface area contributed by atoms with Gasteiger partial charge in [0.2, 0.25) is 0 Å². The zero-order chi connectivity index (χ0) is 15.3. The highest BCUT2D eigenvalue weighted by Gasteiger charge is 2.31. The van der Waals surface area contributed by atoms with Crippen molar-refractivity contribution in [3.05, 3.63) is 29.6 Å². The number of carboxylic acid groups (broad SMARTS) is 1. The lowest BCUT2D eigenvalue weighted by Gasteiger charge is -2.23. The van der Waals surface area contributed by atoms with E-state index in [0.717, 1.165) is 0 Å². The molecule has 0 saturated heterocycles. The van der Waals surface area contributed by atoms with Gasteiger partial charge < -0.3 is 15.7 Å². The van der Waals surface area contributed by atoms with Gasteiger partial charge in [0.1, 0.15) is 5.82 Å². The van der Waals surface area contributed by atoms with Gasteiger partial charge in [0, 0.05) is 12.2 Å². The summed E-state index contributed by atoms with van der Waals surface area (Å²) >= 11 is 0. The second-order valence-corrected chi connectivity index (χ2v) is 5.04. The number of aliphatic carboxylic acids is 1. The first-order valence-corrected chi connectivity index (χ1v) is 6.32. The van der Waals surface area contributed by atoms with Crippen LogP contribution in [-0.2, 0) is 4.79 Å². The van der Waals surface area contributed by atoms with Gasteiger partial charge in [-0.2, -0.15) is 0 Å². The predicted octanol–water partition coefficient (Wildman–Crippen LogP) is 2.76. The highest BCUT2D eigenvalue weighted by molar-refractivity contribution is 5.89. The number of carbonyl (C=O) groups is 2. The maximum atomic E-state index is 13.2. The lowest BCUT2D eigenvalue weighted by atomic mass is 9.88. The lowest BCUT2D eigenvalue weighted by Crippen LogP contribution is -2.42. The zero-order valence-electron chi connectivity index (χ0n) is 11.8. The van der Waals surface area contributed by atoms with E-state index < -0.39 is 23.2 Å². The summed E-state index contributed by atoms with van der Waals surface area (Å²) < 4.78 is 13.2. The van der Waals surface area contributed by atoms with Crippen LogP contribution in [0.5, 0.6) is 0 Å². The smallest absolute Gasteiger partial charge is 0.319 e. The first-order chi connectivity index (χ1) is 9.26. The van der Waals surface area contributed by atoms with Crippen LogP contribution in [0.2, 0.25) is 0 Å². The summed E-state index contributed by atoms with van der Waals surface area (Å²) in [5.41, 5.74) is -0.00684. The number of carbonyl (C=O) groups excluding carboxylic acids is 1. The fourth-order valence-corrected chi connectivity index (χ4v) is 1.61. The van der Waals surface area contributed by atoms with E-state index in [1.165, 1.54) is 12.1 Å². The van der Waals surface area contributed by atoms with Crippen molar-refractivity contribution in [2.75, 3.05) is 11.9 Å². The van der Waals surface area contributed by atoms with Gasteiger partial charge in [-0.25, -0.2) is 9.18 Å². The molecule has 20 heavy (non-hydrogen) atoms. The van der Waals surface area contributed by atoms with E-state index in [1.54, 1.807) is 26.8 Å². The number of aryl methyl sites for hydroxylation is 1. The molecule has 0 fully saturated rings. The molecular formula is C14H19FN2O3. The maximum Gasteiger partial charge on any atom is 0.319 e. The molecule has 0 bridgehead atoms. The molecule has 1 unspecified atom stereocenters. The van der Waals surface area contributed by atoms with E-state index in [1.807, 2.05) is 0 Å². The average molecular weight is 282 g/mol. The summed E-state index contributed by atoms with van der Waals surface area (Å²) in [6.45, 7) is 5.01. The van der Waals surface area contributed by atoms with Crippen LogP contribution in [-0.4, -0.2) is 23.7 Å². The van der Waals surface area contributed by atoms with Crippen molar-refractivity contribution in [2.45, 2.75) is 27.2 Å². The number of halogens is 1. The maximum absolute atomic E-state index is 13.2. The molecular weight excluding hydrogens is 263 g/mol. The quantitative estimate of drug-likeness (QED) is 0.777. The number of urea groups is 1. The molecule has 1 atom stereocenters. The number of nitrogens with one attached hydrogen (secondary N) is 2. The van der Waals surface area contributed by atoms with Gasteiger partial charge in [-0.15, -0.1) is 0 Å². The van der Waals surface area contributed by atoms with Crippen molar-refractivity contribution in [2.24, 2.45) is 5.41 Å². The van der Waals surface area contributed by atoms with E-state index >= 15 is 0 Å². The number of hydrogen-bond acceptors (Lipinski definition) is 2. The number of hydrogen-bond donors (Lipinski definition) is 3. The average Bonchev–Trinajstić information content (AvgIpc) is 2.34. The lowest BCUT2D eigenvalue weighted by molar-refractivity contribution is -0.147. The van der Waals surface area contributed by atoms with Crippen LogP contribution in [0, 0.1) is 18.2 Å². The third-order valence-electron chi connectivity index (χ3n) is 3.24. The highest BCUT2D eigenvalue weighted by Crippen LogP contribution is 2.20. The molecule has 0 aromatic heterocycles. The van der Waals surface area contributed by atoms with Crippen LogP contribution in [0.3, 0.4) is 0 Å². The van der Waals surface area contributed by atoms with Crippen LogP contribution in [0.1, 0.15) is 25.8 Å². The monoisotopic (exact) mass is 282 g/mol. The van der Waals surface area contributed by atoms with Crippen LogP contribution in [0.15, 0.2) is 18.2 Å². The van der Waals surface area contributed by atoms with Crippen LogP contribution in [0.4, 0.5) is 14.9 Å². The molecule has 0 spiro atoms. The molecule has 1 aromatic rings. The van der Waals surface area contributed by atoms with Crippen LogP contribution < -0.4 is 10.6 Å². The van der Waals surface area contributed by atoms with Crippen molar-refractivity contribution in [3.8, 4) is 0 Å². The molecule has 0 heterocycles. The summed E-state index contributed by atoms with van der Waals surface area (Å²) in [7, 11) is 0. The summed E-state index contributed by atoms with van der Waals surface area (Å²) in [6, 6.07) is 3.61. The topological polar surface area (TPSA) is 78.4 Å². The van der Waals surface area contributed by atoms with Gasteiger partial charge in [-0.05, 0) is 44.0 Å². The highest BCUT2D eigenvalue weighted by atomic mass is 19.1. The zero-order valence-corrected chi connectivity index (χ0v) is 11.8. The van der Waals surface area contributed by atoms with E-state index in [2.05, 4.69) is 10.6 Å². The Morgan fingerprint density at radius 2 is 2.00 bits per heavy atom. The summed E-state index contributed by atoms with van der Waals surface area (Å²) in [5.74, 6) is -1.41. The van der Waals surface area contributed by atoms with Crippen molar-refractivity contribution in [3.63, 3.8) is 0 Å². The van der Waals surface area contributed by atoms with Crippen molar-refractivity contribution >= 4 is 17.7 Å². The molecule has 0 radical (unpaired) electrons. The van der Waals surface area contributed by atoms with E-state index in [9.17, 15) is 14.0 Å². The van der Waals surface area contributed by atoms with Gasteiger partial charge in [0.25, 0.3) is 0 Å².